The SMILES string of the molecule is CSCc1ccc(CN2Cc3ccc(OCC4CC4)cc3C(O)C2)cc1. The summed E-state index contributed by atoms with van der Waals surface area (Å²) in [6.45, 7) is 3.23. The van der Waals surface area contributed by atoms with Gasteiger partial charge in [-0.05, 0) is 59.4 Å². The van der Waals surface area contributed by atoms with Crippen LogP contribution in [0.3, 0.4) is 0 Å². The highest BCUT2D eigenvalue weighted by Gasteiger charge is 2.25. The van der Waals surface area contributed by atoms with Crippen molar-refractivity contribution >= 4 is 11.8 Å². The fourth-order valence-corrected chi connectivity index (χ4v) is 4.08. The van der Waals surface area contributed by atoms with Gasteiger partial charge in [0.25, 0.3) is 0 Å². The van der Waals surface area contributed by atoms with Gasteiger partial charge in [-0.2, -0.15) is 11.8 Å². The van der Waals surface area contributed by atoms with Crippen LogP contribution in [-0.2, 0) is 18.8 Å². The van der Waals surface area contributed by atoms with Crippen molar-refractivity contribution in [3.63, 3.8) is 0 Å². The lowest BCUT2D eigenvalue weighted by atomic mass is 9.96. The van der Waals surface area contributed by atoms with Crippen LogP contribution in [0.4, 0.5) is 0 Å². The van der Waals surface area contributed by atoms with Gasteiger partial charge >= 0.3 is 0 Å². The van der Waals surface area contributed by atoms with Crippen LogP contribution in [0.2, 0.25) is 0 Å². The number of nitrogens with zero attached hydrogens (tertiary/aromatic N) is 1. The van der Waals surface area contributed by atoms with Crippen molar-refractivity contribution < 1.29 is 9.84 Å². The van der Waals surface area contributed by atoms with E-state index in [0.717, 1.165) is 42.7 Å². The largest absolute Gasteiger partial charge is 0.493 e. The average Bonchev–Trinajstić information content (AvgIpc) is 3.47. The van der Waals surface area contributed by atoms with Crippen molar-refractivity contribution in [3.8, 4) is 5.75 Å². The van der Waals surface area contributed by atoms with E-state index in [4.69, 9.17) is 4.74 Å². The van der Waals surface area contributed by atoms with Gasteiger partial charge < -0.3 is 9.84 Å². The molecular formula is C22H27NO2S. The number of hydrogen-bond donors (Lipinski definition) is 1. The van der Waals surface area contributed by atoms with E-state index in [1.165, 1.54) is 29.5 Å². The minimum absolute atomic E-state index is 0.445. The number of aliphatic hydroxyl groups is 1. The van der Waals surface area contributed by atoms with Gasteiger partial charge in [-0.25, -0.2) is 0 Å². The first-order valence-corrected chi connectivity index (χ1v) is 10.8. The molecule has 26 heavy (non-hydrogen) atoms. The van der Waals surface area contributed by atoms with E-state index in [9.17, 15) is 5.11 Å². The number of ether oxygens (including phenoxy) is 1. The summed E-state index contributed by atoms with van der Waals surface area (Å²) in [7, 11) is 0. The molecule has 4 rings (SSSR count). The number of thioether (sulfide) groups is 1. The Morgan fingerprint density at radius 1 is 1.12 bits per heavy atom. The Bertz CT molecular complexity index is 742. The molecule has 1 atom stereocenters. The average molecular weight is 370 g/mol. The lowest BCUT2D eigenvalue weighted by molar-refractivity contribution is 0.0878. The first kappa shape index (κ1) is 17.9. The molecule has 2 aliphatic rings. The number of hydrogen-bond acceptors (Lipinski definition) is 4. The number of benzene rings is 2. The van der Waals surface area contributed by atoms with Crippen LogP contribution >= 0.6 is 11.8 Å². The third-order valence-corrected chi connectivity index (χ3v) is 5.85. The molecule has 1 unspecified atom stereocenters. The van der Waals surface area contributed by atoms with Crippen molar-refractivity contribution in [2.75, 3.05) is 19.4 Å². The number of β-amino-alcohol motifs (C(OH)–C–C–N with tert-alkyl or cyclic N) is 1. The molecule has 3 nitrogen and oxygen atoms in total. The summed E-state index contributed by atoms with van der Waals surface area (Å²) >= 11 is 1.84. The lowest BCUT2D eigenvalue weighted by Crippen LogP contribution is -2.33. The highest BCUT2D eigenvalue weighted by atomic mass is 32.2. The Labute approximate surface area is 160 Å². The van der Waals surface area contributed by atoms with Crippen molar-refractivity contribution in [1.82, 2.24) is 4.90 Å². The molecule has 2 aromatic rings. The van der Waals surface area contributed by atoms with Crippen molar-refractivity contribution in [1.29, 1.82) is 0 Å². The van der Waals surface area contributed by atoms with E-state index in [1.54, 1.807) is 0 Å². The summed E-state index contributed by atoms with van der Waals surface area (Å²) in [5.41, 5.74) is 4.91. The molecule has 1 fully saturated rings. The summed E-state index contributed by atoms with van der Waals surface area (Å²) < 4.78 is 5.87. The molecule has 0 radical (unpaired) electrons. The fraction of sp³-hybridized carbons (Fsp3) is 0.455. The van der Waals surface area contributed by atoms with Crippen molar-refractivity contribution in [3.05, 3.63) is 64.7 Å². The van der Waals surface area contributed by atoms with Gasteiger partial charge in [-0.1, -0.05) is 30.3 Å². The number of aliphatic hydroxyl groups excluding tert-OH is 1. The lowest BCUT2D eigenvalue weighted by Gasteiger charge is -2.32. The van der Waals surface area contributed by atoms with E-state index in [0.29, 0.717) is 6.54 Å². The third-order valence-electron chi connectivity index (χ3n) is 5.22. The van der Waals surface area contributed by atoms with Crippen LogP contribution in [0.15, 0.2) is 42.5 Å². The Morgan fingerprint density at radius 3 is 2.62 bits per heavy atom. The predicted molar refractivity (Wildman–Crippen MR) is 107 cm³/mol. The molecule has 1 N–H and O–H groups in total. The minimum atomic E-state index is -0.445. The topological polar surface area (TPSA) is 32.7 Å². The molecule has 0 spiro atoms. The predicted octanol–water partition coefficient (Wildman–Crippen LogP) is 4.39. The summed E-state index contributed by atoms with van der Waals surface area (Å²) in [6, 6.07) is 15.1. The van der Waals surface area contributed by atoms with Crippen LogP contribution in [0.1, 0.15) is 41.2 Å². The van der Waals surface area contributed by atoms with Crippen LogP contribution < -0.4 is 4.74 Å². The Balaban J connectivity index is 1.40. The normalized spacial score (nSPS) is 20.0. The van der Waals surface area contributed by atoms with Gasteiger partial charge in [0.1, 0.15) is 5.75 Å². The van der Waals surface area contributed by atoms with Gasteiger partial charge in [0.2, 0.25) is 0 Å². The second-order valence-corrected chi connectivity index (χ2v) is 8.42. The van der Waals surface area contributed by atoms with Gasteiger partial charge in [0, 0.05) is 25.4 Å². The Kier molecular flexibility index (Phi) is 5.53. The smallest absolute Gasteiger partial charge is 0.119 e. The van der Waals surface area contributed by atoms with Crippen LogP contribution in [-0.4, -0.2) is 29.4 Å². The minimum Gasteiger partial charge on any atom is -0.493 e. The first-order chi connectivity index (χ1) is 12.7. The third kappa shape index (κ3) is 4.43. The summed E-state index contributed by atoms with van der Waals surface area (Å²) in [5.74, 6) is 2.70. The molecule has 1 saturated carbocycles. The molecule has 2 aromatic carbocycles. The van der Waals surface area contributed by atoms with E-state index in [1.807, 2.05) is 17.8 Å². The standard InChI is InChI=1S/C22H27NO2S/c1-26-15-18-6-2-16(3-7-18)11-23-12-19-8-9-20(25-14-17-4-5-17)10-21(19)22(24)13-23/h2-3,6-10,17,22,24H,4-5,11-15H2,1H3. The Morgan fingerprint density at radius 2 is 1.88 bits per heavy atom. The van der Waals surface area contributed by atoms with Gasteiger partial charge in [-0.3, -0.25) is 4.90 Å². The fourth-order valence-electron chi connectivity index (χ4n) is 3.55. The zero-order valence-corrected chi connectivity index (χ0v) is 16.2. The van der Waals surface area contributed by atoms with Crippen LogP contribution in [0.25, 0.3) is 0 Å². The molecular weight excluding hydrogens is 342 g/mol. The highest BCUT2D eigenvalue weighted by molar-refractivity contribution is 7.97. The van der Waals surface area contributed by atoms with E-state index >= 15 is 0 Å². The van der Waals surface area contributed by atoms with Gasteiger partial charge in [0.15, 0.2) is 0 Å². The van der Waals surface area contributed by atoms with Gasteiger partial charge in [-0.15, -0.1) is 0 Å². The summed E-state index contributed by atoms with van der Waals surface area (Å²) in [5, 5.41) is 10.6. The second kappa shape index (κ2) is 8.03. The van der Waals surface area contributed by atoms with E-state index in [2.05, 4.69) is 47.6 Å². The molecule has 1 heterocycles. The molecule has 0 saturated heterocycles. The second-order valence-electron chi connectivity index (χ2n) is 7.55. The molecule has 0 amide bonds. The maximum absolute atomic E-state index is 10.6. The monoisotopic (exact) mass is 369 g/mol. The zero-order chi connectivity index (χ0) is 17.9. The Hall–Kier alpha value is -1.49. The maximum Gasteiger partial charge on any atom is 0.119 e. The van der Waals surface area contributed by atoms with E-state index < -0.39 is 6.10 Å². The molecule has 138 valence electrons. The van der Waals surface area contributed by atoms with Crippen LogP contribution in [0, 0.1) is 5.92 Å². The first-order valence-electron chi connectivity index (χ1n) is 9.44. The van der Waals surface area contributed by atoms with Crippen molar-refractivity contribution in [2.45, 2.75) is 37.8 Å². The molecule has 0 aromatic heterocycles. The van der Waals surface area contributed by atoms with Crippen LogP contribution in [0.5, 0.6) is 5.75 Å². The number of fused-ring (bicyclic) bond motifs is 1. The maximum atomic E-state index is 10.6. The highest BCUT2D eigenvalue weighted by Crippen LogP contribution is 2.33. The summed E-state index contributed by atoms with van der Waals surface area (Å²) in [6.07, 6.45) is 4.27. The summed E-state index contributed by atoms with van der Waals surface area (Å²) in [4.78, 5) is 2.32. The molecule has 4 heteroatoms. The zero-order valence-electron chi connectivity index (χ0n) is 15.4. The van der Waals surface area contributed by atoms with E-state index in [-0.39, 0.29) is 0 Å². The quantitative estimate of drug-likeness (QED) is 0.785. The number of rotatable bonds is 7. The van der Waals surface area contributed by atoms with Crippen molar-refractivity contribution in [2.24, 2.45) is 5.92 Å². The molecule has 0 bridgehead atoms. The van der Waals surface area contributed by atoms with Gasteiger partial charge in [0.05, 0.1) is 12.7 Å². The molecule has 1 aliphatic carbocycles. The molecule has 1 aliphatic heterocycles.